The molecule has 0 fully saturated rings. The Labute approximate surface area is 179 Å². The van der Waals surface area contributed by atoms with Gasteiger partial charge in [-0.1, -0.05) is 69.7 Å². The van der Waals surface area contributed by atoms with Crippen molar-refractivity contribution >= 4 is 23.1 Å². The number of fused-ring (bicyclic) bond motifs is 1. The SMILES string of the molecule is Cc1ccc([C@H]2C3=C(CC(C)(C)CC3=O)Nc3ccccc3N2C(=O)C(C)C)cc1. The van der Waals surface area contributed by atoms with Gasteiger partial charge in [0.25, 0.3) is 0 Å². The van der Waals surface area contributed by atoms with Gasteiger partial charge in [-0.25, -0.2) is 0 Å². The number of hydrogen-bond donors (Lipinski definition) is 1. The summed E-state index contributed by atoms with van der Waals surface area (Å²) in [5, 5.41) is 3.55. The quantitative estimate of drug-likeness (QED) is 0.691. The molecular formula is C26H30N2O2. The minimum Gasteiger partial charge on any atom is -0.357 e. The van der Waals surface area contributed by atoms with Gasteiger partial charge in [-0.15, -0.1) is 0 Å². The Balaban J connectivity index is 2.01. The average Bonchev–Trinajstić information content (AvgIpc) is 2.81. The van der Waals surface area contributed by atoms with E-state index in [-0.39, 0.29) is 23.0 Å². The fourth-order valence-corrected chi connectivity index (χ4v) is 4.57. The van der Waals surface area contributed by atoms with Crippen molar-refractivity contribution < 1.29 is 9.59 Å². The highest BCUT2D eigenvalue weighted by atomic mass is 16.2. The number of nitrogens with zero attached hydrogens (tertiary/aromatic N) is 1. The minimum atomic E-state index is -0.435. The molecule has 0 spiro atoms. The van der Waals surface area contributed by atoms with Gasteiger partial charge in [-0.3, -0.25) is 14.5 Å². The van der Waals surface area contributed by atoms with Crippen LogP contribution in [0.5, 0.6) is 0 Å². The standard InChI is InChI=1S/C26H30N2O2/c1-16(2)25(30)28-21-9-7-6-8-19(21)27-20-14-26(4,5)15-22(29)23(20)24(28)18-12-10-17(3)11-13-18/h6-13,16,24,27H,14-15H2,1-5H3/t24-/m0/s1. The maximum Gasteiger partial charge on any atom is 0.230 e. The molecule has 0 bridgehead atoms. The summed E-state index contributed by atoms with van der Waals surface area (Å²) in [7, 11) is 0. The molecule has 0 aromatic heterocycles. The Hall–Kier alpha value is -2.88. The molecule has 0 saturated carbocycles. The molecule has 2 aromatic carbocycles. The number of aryl methyl sites for hydroxylation is 1. The third-order valence-electron chi connectivity index (χ3n) is 6.03. The van der Waals surface area contributed by atoms with Crippen LogP contribution in [0.1, 0.15) is 57.7 Å². The Morgan fingerprint density at radius 2 is 1.73 bits per heavy atom. The van der Waals surface area contributed by atoms with Crippen molar-refractivity contribution in [3.05, 3.63) is 70.9 Å². The number of para-hydroxylation sites is 2. The van der Waals surface area contributed by atoms with Crippen molar-refractivity contribution in [2.45, 2.75) is 53.5 Å². The number of allylic oxidation sites excluding steroid dienone is 1. The molecule has 2 aromatic rings. The molecule has 4 rings (SSSR count). The Morgan fingerprint density at radius 3 is 2.40 bits per heavy atom. The number of hydrogen-bond acceptors (Lipinski definition) is 3. The van der Waals surface area contributed by atoms with E-state index in [1.807, 2.05) is 62.1 Å². The molecule has 4 heteroatoms. The summed E-state index contributed by atoms with van der Waals surface area (Å²) in [5.41, 5.74) is 5.36. The predicted molar refractivity (Wildman–Crippen MR) is 121 cm³/mol. The zero-order valence-corrected chi connectivity index (χ0v) is 18.5. The monoisotopic (exact) mass is 402 g/mol. The van der Waals surface area contributed by atoms with E-state index >= 15 is 0 Å². The first kappa shape index (κ1) is 20.4. The lowest BCUT2D eigenvalue weighted by molar-refractivity contribution is -0.122. The largest absolute Gasteiger partial charge is 0.357 e. The van der Waals surface area contributed by atoms with E-state index < -0.39 is 6.04 Å². The molecule has 2 aliphatic rings. The van der Waals surface area contributed by atoms with Gasteiger partial charge < -0.3 is 5.32 Å². The lowest BCUT2D eigenvalue weighted by Crippen LogP contribution is -2.41. The van der Waals surface area contributed by atoms with Crippen molar-refractivity contribution in [3.63, 3.8) is 0 Å². The summed E-state index contributed by atoms with van der Waals surface area (Å²) in [5.74, 6) is -0.0572. The van der Waals surface area contributed by atoms with Gasteiger partial charge in [0.05, 0.1) is 17.4 Å². The number of nitrogens with one attached hydrogen (secondary N) is 1. The average molecular weight is 403 g/mol. The second kappa shape index (κ2) is 7.42. The summed E-state index contributed by atoms with van der Waals surface area (Å²) >= 11 is 0. The number of carbonyl (C=O) groups is 2. The van der Waals surface area contributed by atoms with Crippen LogP contribution >= 0.6 is 0 Å². The second-order valence-electron chi connectivity index (χ2n) is 9.65. The van der Waals surface area contributed by atoms with E-state index in [2.05, 4.69) is 31.3 Å². The van der Waals surface area contributed by atoms with Gasteiger partial charge >= 0.3 is 0 Å². The van der Waals surface area contributed by atoms with Crippen molar-refractivity contribution in [1.29, 1.82) is 0 Å². The molecule has 156 valence electrons. The lowest BCUT2D eigenvalue weighted by Gasteiger charge is -2.37. The van der Waals surface area contributed by atoms with E-state index in [9.17, 15) is 9.59 Å². The van der Waals surface area contributed by atoms with Crippen LogP contribution in [0.25, 0.3) is 0 Å². The number of benzene rings is 2. The smallest absolute Gasteiger partial charge is 0.230 e. The Morgan fingerprint density at radius 1 is 1.07 bits per heavy atom. The summed E-state index contributed by atoms with van der Waals surface area (Å²) in [6.07, 6.45) is 1.25. The van der Waals surface area contributed by atoms with Crippen LogP contribution in [0.3, 0.4) is 0 Å². The number of amides is 1. The maximum absolute atomic E-state index is 13.5. The van der Waals surface area contributed by atoms with Gasteiger partial charge in [-0.05, 0) is 36.5 Å². The van der Waals surface area contributed by atoms with E-state index in [1.165, 1.54) is 0 Å². The highest BCUT2D eigenvalue weighted by Crippen LogP contribution is 2.48. The van der Waals surface area contributed by atoms with Crippen molar-refractivity contribution in [2.24, 2.45) is 11.3 Å². The molecule has 1 atom stereocenters. The molecular weight excluding hydrogens is 372 g/mol. The summed E-state index contributed by atoms with van der Waals surface area (Å²) in [6.45, 7) is 10.1. The number of Topliss-reactive ketones (excluding diaryl/α,β-unsaturated/α-hetero) is 1. The van der Waals surface area contributed by atoms with Gasteiger partial charge in [-0.2, -0.15) is 0 Å². The van der Waals surface area contributed by atoms with Crippen LogP contribution < -0.4 is 10.2 Å². The topological polar surface area (TPSA) is 49.4 Å². The number of rotatable bonds is 2. The van der Waals surface area contributed by atoms with Gasteiger partial charge in [0.2, 0.25) is 5.91 Å². The molecule has 4 nitrogen and oxygen atoms in total. The van der Waals surface area contributed by atoms with Crippen molar-refractivity contribution in [2.75, 3.05) is 10.2 Å². The normalized spacial score (nSPS) is 20.4. The van der Waals surface area contributed by atoms with E-state index in [0.29, 0.717) is 6.42 Å². The van der Waals surface area contributed by atoms with Crippen molar-refractivity contribution in [3.8, 4) is 0 Å². The molecule has 0 saturated heterocycles. The number of carbonyl (C=O) groups excluding carboxylic acids is 2. The summed E-state index contributed by atoms with van der Waals surface area (Å²) < 4.78 is 0. The van der Waals surface area contributed by atoms with Crippen LogP contribution in [-0.4, -0.2) is 11.7 Å². The highest BCUT2D eigenvalue weighted by Gasteiger charge is 2.43. The van der Waals surface area contributed by atoms with Gasteiger partial charge in [0.15, 0.2) is 5.78 Å². The molecule has 1 N–H and O–H groups in total. The Bertz CT molecular complexity index is 1030. The maximum atomic E-state index is 13.5. The molecule has 1 heterocycles. The van der Waals surface area contributed by atoms with Crippen LogP contribution in [0.15, 0.2) is 59.8 Å². The second-order valence-corrected chi connectivity index (χ2v) is 9.65. The number of ketones is 1. The summed E-state index contributed by atoms with van der Waals surface area (Å²) in [4.78, 5) is 28.9. The summed E-state index contributed by atoms with van der Waals surface area (Å²) in [6, 6.07) is 15.6. The van der Waals surface area contributed by atoms with Crippen LogP contribution in [-0.2, 0) is 9.59 Å². The molecule has 1 aliphatic carbocycles. The third-order valence-corrected chi connectivity index (χ3v) is 6.03. The minimum absolute atomic E-state index is 0.0150. The van der Waals surface area contributed by atoms with Crippen LogP contribution in [0, 0.1) is 18.3 Å². The zero-order valence-electron chi connectivity index (χ0n) is 18.5. The zero-order chi connectivity index (χ0) is 21.6. The van der Waals surface area contributed by atoms with Gasteiger partial charge in [0.1, 0.15) is 0 Å². The molecule has 30 heavy (non-hydrogen) atoms. The van der Waals surface area contributed by atoms with E-state index in [4.69, 9.17) is 0 Å². The fourth-order valence-electron chi connectivity index (χ4n) is 4.57. The predicted octanol–water partition coefficient (Wildman–Crippen LogP) is 5.79. The van der Waals surface area contributed by atoms with E-state index in [1.54, 1.807) is 0 Å². The van der Waals surface area contributed by atoms with E-state index in [0.717, 1.165) is 40.2 Å². The molecule has 0 radical (unpaired) electrons. The van der Waals surface area contributed by atoms with Gasteiger partial charge in [0, 0.05) is 23.6 Å². The highest BCUT2D eigenvalue weighted by molar-refractivity contribution is 6.06. The van der Waals surface area contributed by atoms with Crippen LogP contribution in [0.2, 0.25) is 0 Å². The Kier molecular flexibility index (Phi) is 5.05. The van der Waals surface area contributed by atoms with Crippen molar-refractivity contribution in [1.82, 2.24) is 0 Å². The fraction of sp³-hybridized carbons (Fsp3) is 0.385. The molecule has 1 aliphatic heterocycles. The first-order valence-corrected chi connectivity index (χ1v) is 10.7. The van der Waals surface area contributed by atoms with Crippen LogP contribution in [0.4, 0.5) is 11.4 Å². The molecule has 0 unspecified atom stereocenters. The molecule has 1 amide bonds. The lowest BCUT2D eigenvalue weighted by atomic mass is 9.73. The first-order valence-electron chi connectivity index (χ1n) is 10.7. The number of anilines is 2. The first-order chi connectivity index (χ1) is 14.2. The third kappa shape index (κ3) is 3.55.